The third-order valence-corrected chi connectivity index (χ3v) is 6.81. The number of carboxylic acid groups (broad SMARTS) is 1. The summed E-state index contributed by atoms with van der Waals surface area (Å²) in [6.07, 6.45) is 33.8. The zero-order valence-electron chi connectivity index (χ0n) is 23.8. The highest BCUT2D eigenvalue weighted by molar-refractivity contribution is 5.66. The lowest BCUT2D eigenvalue weighted by molar-refractivity contribution is -0.137. The van der Waals surface area contributed by atoms with Gasteiger partial charge < -0.3 is 15.3 Å². The molecule has 0 aromatic carbocycles. The lowest BCUT2D eigenvalue weighted by Gasteiger charge is -2.02. The van der Waals surface area contributed by atoms with Crippen molar-refractivity contribution in [3.05, 3.63) is 0 Å². The summed E-state index contributed by atoms with van der Waals surface area (Å²) in [5.74, 6) is -0.655. The van der Waals surface area contributed by atoms with E-state index in [4.69, 9.17) is 15.3 Å². The molecule has 4 nitrogen and oxygen atoms in total. The lowest BCUT2D eigenvalue weighted by atomic mass is 10.0. The molecule has 0 fully saturated rings. The van der Waals surface area contributed by atoms with E-state index in [1.807, 2.05) is 0 Å². The van der Waals surface area contributed by atoms with Crippen LogP contribution in [-0.4, -0.2) is 34.5 Å². The molecule has 0 heterocycles. The van der Waals surface area contributed by atoms with Gasteiger partial charge in [0, 0.05) is 19.6 Å². The number of aliphatic hydroxyl groups excluding tert-OH is 2. The summed E-state index contributed by atoms with van der Waals surface area (Å²) in [6.45, 7) is 2.98. The van der Waals surface area contributed by atoms with Crippen molar-refractivity contribution in [1.82, 2.24) is 0 Å². The maximum absolute atomic E-state index is 10.3. The first kappa shape index (κ1) is 36.5. The molecular weight excluding hydrogens is 436 g/mol. The maximum Gasteiger partial charge on any atom is 0.303 e. The lowest BCUT2D eigenvalue weighted by Crippen LogP contribution is -1.93. The molecule has 0 aliphatic rings. The number of unbranched alkanes of at least 4 members (excludes halogenated alkanes) is 24. The van der Waals surface area contributed by atoms with Gasteiger partial charge in [-0.05, 0) is 19.3 Å². The number of rotatable bonds is 28. The average molecular weight is 501 g/mol. The minimum absolute atomic E-state index is 0.345. The summed E-state index contributed by atoms with van der Waals surface area (Å²) in [4.78, 5) is 10.3. The zero-order valence-corrected chi connectivity index (χ0v) is 23.8. The van der Waals surface area contributed by atoms with E-state index in [1.54, 1.807) is 0 Å². The molecular formula is C31H64O4. The van der Waals surface area contributed by atoms with Crippen molar-refractivity contribution < 1.29 is 20.1 Å². The van der Waals surface area contributed by atoms with Crippen LogP contribution in [0, 0.1) is 0 Å². The Morgan fingerprint density at radius 1 is 0.400 bits per heavy atom. The second-order valence-electron chi connectivity index (χ2n) is 10.4. The highest BCUT2D eigenvalue weighted by Crippen LogP contribution is 2.13. The summed E-state index contributed by atoms with van der Waals surface area (Å²) in [5, 5.41) is 25.7. The van der Waals surface area contributed by atoms with Crippen molar-refractivity contribution in [1.29, 1.82) is 0 Å². The zero-order chi connectivity index (χ0) is 26.1. The Morgan fingerprint density at radius 2 is 0.629 bits per heavy atom. The van der Waals surface area contributed by atoms with Gasteiger partial charge in [0.1, 0.15) is 0 Å². The molecule has 0 unspecified atom stereocenters. The number of carbonyl (C=O) groups is 1. The van der Waals surface area contributed by atoms with E-state index in [9.17, 15) is 4.79 Å². The molecule has 4 heteroatoms. The van der Waals surface area contributed by atoms with Gasteiger partial charge >= 0.3 is 5.97 Å². The molecule has 0 saturated carbocycles. The Balaban J connectivity index is 0. The number of hydrogen-bond donors (Lipinski definition) is 3. The minimum atomic E-state index is -0.655. The molecule has 0 aromatic rings. The maximum atomic E-state index is 10.3. The van der Waals surface area contributed by atoms with Gasteiger partial charge in [-0.25, -0.2) is 0 Å². The fourth-order valence-electron chi connectivity index (χ4n) is 4.46. The standard InChI is InChI=1S/C16H32O2.C15H32O2/c1-2-3-4-5-6-7-8-9-10-11-12-13-14-15-16(17)18;16-14-12-10-8-6-4-2-1-3-5-7-9-11-13-15-17/h2-15H2,1H3,(H,17,18);16-17H,1-15H2. The van der Waals surface area contributed by atoms with E-state index in [1.165, 1.54) is 141 Å². The summed E-state index contributed by atoms with van der Waals surface area (Å²) < 4.78 is 0. The first-order chi connectivity index (χ1) is 17.2. The minimum Gasteiger partial charge on any atom is -0.481 e. The SMILES string of the molecule is CCCCCCCCCCCCCCCC(=O)O.OCCCCCCCCCCCCCCCO. The Hall–Kier alpha value is -0.610. The van der Waals surface area contributed by atoms with E-state index in [-0.39, 0.29) is 0 Å². The predicted octanol–water partition coefficient (Wildman–Crippen LogP) is 9.59. The van der Waals surface area contributed by atoms with Crippen LogP contribution in [0.15, 0.2) is 0 Å². The second-order valence-corrected chi connectivity index (χ2v) is 10.4. The van der Waals surface area contributed by atoms with Crippen LogP contribution < -0.4 is 0 Å². The van der Waals surface area contributed by atoms with Crippen LogP contribution in [0.4, 0.5) is 0 Å². The van der Waals surface area contributed by atoms with Gasteiger partial charge in [0.2, 0.25) is 0 Å². The monoisotopic (exact) mass is 500 g/mol. The molecule has 212 valence electrons. The fraction of sp³-hybridized carbons (Fsp3) is 0.968. The van der Waals surface area contributed by atoms with Crippen molar-refractivity contribution in [3.8, 4) is 0 Å². The van der Waals surface area contributed by atoms with E-state index < -0.39 is 5.97 Å². The van der Waals surface area contributed by atoms with Gasteiger partial charge in [0.15, 0.2) is 0 Å². The molecule has 0 rings (SSSR count). The molecule has 0 bridgehead atoms. The van der Waals surface area contributed by atoms with E-state index in [0.29, 0.717) is 19.6 Å². The van der Waals surface area contributed by atoms with Gasteiger partial charge in [-0.15, -0.1) is 0 Å². The molecule has 0 radical (unpaired) electrons. The molecule has 0 aliphatic carbocycles. The van der Waals surface area contributed by atoms with Gasteiger partial charge in [0.05, 0.1) is 0 Å². The van der Waals surface area contributed by atoms with Crippen LogP contribution >= 0.6 is 0 Å². The molecule has 0 atom stereocenters. The van der Waals surface area contributed by atoms with E-state index in [2.05, 4.69) is 6.92 Å². The van der Waals surface area contributed by atoms with Crippen molar-refractivity contribution in [2.24, 2.45) is 0 Å². The number of hydrogen-bond acceptors (Lipinski definition) is 3. The van der Waals surface area contributed by atoms with Gasteiger partial charge in [0.25, 0.3) is 0 Å². The third kappa shape index (κ3) is 40.8. The molecule has 35 heavy (non-hydrogen) atoms. The van der Waals surface area contributed by atoms with Crippen molar-refractivity contribution >= 4 is 5.97 Å². The summed E-state index contributed by atoms with van der Waals surface area (Å²) >= 11 is 0. The fourth-order valence-corrected chi connectivity index (χ4v) is 4.46. The third-order valence-electron chi connectivity index (χ3n) is 6.81. The smallest absolute Gasteiger partial charge is 0.303 e. The van der Waals surface area contributed by atoms with Crippen molar-refractivity contribution in [3.63, 3.8) is 0 Å². The number of aliphatic carboxylic acids is 1. The molecule has 0 aliphatic heterocycles. The van der Waals surface area contributed by atoms with Crippen LogP contribution in [-0.2, 0) is 4.79 Å². The van der Waals surface area contributed by atoms with Crippen LogP contribution in [0.25, 0.3) is 0 Å². The number of aliphatic hydroxyl groups is 2. The predicted molar refractivity (Wildman–Crippen MR) is 152 cm³/mol. The van der Waals surface area contributed by atoms with Crippen LogP contribution in [0.5, 0.6) is 0 Å². The van der Waals surface area contributed by atoms with Gasteiger partial charge in [-0.2, -0.15) is 0 Å². The van der Waals surface area contributed by atoms with E-state index >= 15 is 0 Å². The Morgan fingerprint density at radius 3 is 0.857 bits per heavy atom. The van der Waals surface area contributed by atoms with E-state index in [0.717, 1.165) is 25.7 Å². The Bertz CT molecular complexity index is 359. The molecule has 3 N–H and O–H groups in total. The largest absolute Gasteiger partial charge is 0.481 e. The molecule has 0 spiro atoms. The van der Waals surface area contributed by atoms with Crippen LogP contribution in [0.3, 0.4) is 0 Å². The first-order valence-corrected chi connectivity index (χ1v) is 15.6. The highest BCUT2D eigenvalue weighted by Gasteiger charge is 1.97. The number of carboxylic acids is 1. The van der Waals surface area contributed by atoms with Crippen LogP contribution in [0.2, 0.25) is 0 Å². The summed E-state index contributed by atoms with van der Waals surface area (Å²) in [6, 6.07) is 0. The molecule has 0 aromatic heterocycles. The second kappa shape index (κ2) is 35.6. The Kier molecular flexibility index (Phi) is 37.1. The normalized spacial score (nSPS) is 10.8. The van der Waals surface area contributed by atoms with Crippen molar-refractivity contribution in [2.45, 2.75) is 180 Å². The topological polar surface area (TPSA) is 77.8 Å². The summed E-state index contributed by atoms with van der Waals surface area (Å²) in [7, 11) is 0. The van der Waals surface area contributed by atoms with Crippen molar-refractivity contribution in [2.75, 3.05) is 13.2 Å². The van der Waals surface area contributed by atoms with Gasteiger partial charge in [-0.1, -0.05) is 155 Å². The van der Waals surface area contributed by atoms with Crippen LogP contribution in [0.1, 0.15) is 180 Å². The molecule has 0 amide bonds. The summed E-state index contributed by atoms with van der Waals surface area (Å²) in [5.41, 5.74) is 0. The Labute approximate surface area is 219 Å². The average Bonchev–Trinajstić information content (AvgIpc) is 2.85. The first-order valence-electron chi connectivity index (χ1n) is 15.6. The molecule has 0 saturated heterocycles. The highest BCUT2D eigenvalue weighted by atomic mass is 16.4. The quantitative estimate of drug-likeness (QED) is 0.0934. The van der Waals surface area contributed by atoms with Gasteiger partial charge in [-0.3, -0.25) is 4.79 Å².